The molecule has 2 aliphatic rings. The Morgan fingerprint density at radius 1 is 1.47 bits per heavy atom. The van der Waals surface area contributed by atoms with Crippen LogP contribution in [0.5, 0.6) is 0 Å². The van der Waals surface area contributed by atoms with Crippen LogP contribution in [-0.2, 0) is 4.74 Å². The van der Waals surface area contributed by atoms with Crippen LogP contribution in [0.15, 0.2) is 12.3 Å². The van der Waals surface area contributed by atoms with Crippen molar-refractivity contribution < 1.29 is 4.74 Å². The highest BCUT2D eigenvalue weighted by Crippen LogP contribution is 2.39. The van der Waals surface area contributed by atoms with Gasteiger partial charge in [-0.15, -0.1) is 0 Å². The fourth-order valence-electron chi connectivity index (χ4n) is 2.72. The lowest BCUT2D eigenvalue weighted by Crippen LogP contribution is -2.27. The van der Waals surface area contributed by atoms with E-state index in [-0.39, 0.29) is 0 Å². The molecule has 2 N–H and O–H groups in total. The summed E-state index contributed by atoms with van der Waals surface area (Å²) in [4.78, 5) is 6.63. The molecule has 4 nitrogen and oxygen atoms in total. The van der Waals surface area contributed by atoms with E-state index in [4.69, 9.17) is 22.1 Å². The molecule has 3 heterocycles. The first-order valence-electron chi connectivity index (χ1n) is 5.92. The van der Waals surface area contributed by atoms with Crippen molar-refractivity contribution in [3.05, 3.63) is 17.3 Å². The maximum Gasteiger partial charge on any atom is 0.130 e. The molecule has 0 radical (unpaired) electrons. The zero-order valence-electron chi connectivity index (χ0n) is 9.66. The van der Waals surface area contributed by atoms with E-state index in [2.05, 4.69) is 9.88 Å². The van der Waals surface area contributed by atoms with Crippen molar-refractivity contribution >= 4 is 23.1 Å². The van der Waals surface area contributed by atoms with Crippen molar-refractivity contribution in [2.24, 2.45) is 5.41 Å². The molecule has 1 aromatic heterocycles. The molecule has 17 heavy (non-hydrogen) atoms. The van der Waals surface area contributed by atoms with E-state index in [0.29, 0.717) is 16.1 Å². The number of ether oxygens (including phenoxy) is 1. The molecule has 0 aliphatic carbocycles. The summed E-state index contributed by atoms with van der Waals surface area (Å²) in [6.45, 7) is 3.81. The maximum absolute atomic E-state index is 5.88. The summed E-state index contributed by atoms with van der Waals surface area (Å²) in [7, 11) is 0. The Balaban J connectivity index is 1.79. The van der Waals surface area contributed by atoms with Crippen LogP contribution in [0.25, 0.3) is 0 Å². The van der Waals surface area contributed by atoms with Crippen LogP contribution in [0.2, 0.25) is 5.02 Å². The zero-order chi connectivity index (χ0) is 11.9. The molecule has 1 atom stereocenters. The number of aromatic nitrogens is 1. The van der Waals surface area contributed by atoms with Crippen molar-refractivity contribution in [1.82, 2.24) is 4.98 Å². The summed E-state index contributed by atoms with van der Waals surface area (Å²) in [5.74, 6) is 0.927. The Bertz CT molecular complexity index is 432. The average Bonchev–Trinajstić information content (AvgIpc) is 2.94. The first kappa shape index (κ1) is 11.1. The first-order chi connectivity index (χ1) is 8.19. The zero-order valence-corrected chi connectivity index (χ0v) is 10.4. The predicted octanol–water partition coefficient (Wildman–Crippen LogP) is 1.93. The standard InChI is InChI=1S/C12H16ClN3O/c13-9-6-15-11(5-10(9)14)16-3-1-12(7-16)2-4-17-8-12/h5-6H,1-4,7-8H2,(H2,14,15). The van der Waals surface area contributed by atoms with Crippen LogP contribution in [0.3, 0.4) is 0 Å². The minimum atomic E-state index is 0.343. The van der Waals surface area contributed by atoms with E-state index < -0.39 is 0 Å². The lowest BCUT2D eigenvalue weighted by molar-refractivity contribution is 0.160. The van der Waals surface area contributed by atoms with E-state index in [1.54, 1.807) is 6.20 Å². The van der Waals surface area contributed by atoms with Gasteiger partial charge in [0.2, 0.25) is 0 Å². The second-order valence-corrected chi connectivity index (χ2v) is 5.45. The molecule has 0 saturated carbocycles. The number of nitrogens with two attached hydrogens (primary N) is 1. The van der Waals surface area contributed by atoms with E-state index >= 15 is 0 Å². The van der Waals surface area contributed by atoms with Gasteiger partial charge in [-0.2, -0.15) is 0 Å². The van der Waals surface area contributed by atoms with E-state index in [0.717, 1.165) is 38.5 Å². The number of hydrogen-bond donors (Lipinski definition) is 1. The van der Waals surface area contributed by atoms with Crippen molar-refractivity contribution in [3.8, 4) is 0 Å². The third-order valence-electron chi connectivity index (χ3n) is 3.82. The van der Waals surface area contributed by atoms with Gasteiger partial charge in [-0.3, -0.25) is 0 Å². The highest BCUT2D eigenvalue weighted by Gasteiger charge is 2.41. The highest BCUT2D eigenvalue weighted by molar-refractivity contribution is 6.32. The summed E-state index contributed by atoms with van der Waals surface area (Å²) in [6, 6.07) is 1.86. The third kappa shape index (κ3) is 1.96. The van der Waals surface area contributed by atoms with Gasteiger partial charge in [-0.25, -0.2) is 4.98 Å². The smallest absolute Gasteiger partial charge is 0.130 e. The number of halogens is 1. The Hall–Kier alpha value is -1.00. The largest absolute Gasteiger partial charge is 0.397 e. The van der Waals surface area contributed by atoms with Crippen LogP contribution in [0.1, 0.15) is 12.8 Å². The van der Waals surface area contributed by atoms with Crippen LogP contribution in [0.4, 0.5) is 11.5 Å². The number of nitrogen functional groups attached to an aromatic ring is 1. The number of rotatable bonds is 1. The van der Waals surface area contributed by atoms with Crippen molar-refractivity contribution in [2.45, 2.75) is 12.8 Å². The monoisotopic (exact) mass is 253 g/mol. The van der Waals surface area contributed by atoms with Crippen molar-refractivity contribution in [1.29, 1.82) is 0 Å². The predicted molar refractivity (Wildman–Crippen MR) is 68.4 cm³/mol. The second kappa shape index (κ2) is 4.03. The number of pyridine rings is 1. The minimum absolute atomic E-state index is 0.343. The van der Waals surface area contributed by atoms with E-state index in [1.165, 1.54) is 6.42 Å². The lowest BCUT2D eigenvalue weighted by atomic mass is 9.87. The minimum Gasteiger partial charge on any atom is -0.397 e. The molecule has 0 amide bonds. The normalized spacial score (nSPS) is 28.2. The van der Waals surface area contributed by atoms with Gasteiger partial charge in [0, 0.05) is 37.4 Å². The molecule has 2 fully saturated rings. The Morgan fingerprint density at radius 2 is 2.35 bits per heavy atom. The molecule has 5 heteroatoms. The quantitative estimate of drug-likeness (QED) is 0.831. The molecule has 0 bridgehead atoms. The highest BCUT2D eigenvalue weighted by atomic mass is 35.5. The Labute approximate surface area is 106 Å². The summed E-state index contributed by atoms with van der Waals surface area (Å²) in [6.07, 6.45) is 3.96. The van der Waals surface area contributed by atoms with Crippen LogP contribution in [-0.4, -0.2) is 31.3 Å². The average molecular weight is 254 g/mol. The molecule has 92 valence electrons. The molecule has 2 saturated heterocycles. The van der Waals surface area contributed by atoms with Gasteiger partial charge in [-0.05, 0) is 12.8 Å². The Kier molecular flexibility index (Phi) is 2.64. The molecule has 0 aromatic carbocycles. The van der Waals surface area contributed by atoms with Crippen LogP contribution < -0.4 is 10.6 Å². The number of nitrogens with zero attached hydrogens (tertiary/aromatic N) is 2. The molecular formula is C12H16ClN3O. The van der Waals surface area contributed by atoms with Gasteiger partial charge < -0.3 is 15.4 Å². The van der Waals surface area contributed by atoms with E-state index in [1.807, 2.05) is 6.07 Å². The van der Waals surface area contributed by atoms with Crippen LogP contribution >= 0.6 is 11.6 Å². The lowest BCUT2D eigenvalue weighted by Gasteiger charge is -2.22. The summed E-state index contributed by atoms with van der Waals surface area (Å²) < 4.78 is 5.52. The van der Waals surface area contributed by atoms with Crippen LogP contribution in [0, 0.1) is 5.41 Å². The first-order valence-corrected chi connectivity index (χ1v) is 6.30. The number of anilines is 2. The molecule has 3 rings (SSSR count). The topological polar surface area (TPSA) is 51.4 Å². The molecule has 1 spiro atoms. The molecular weight excluding hydrogens is 238 g/mol. The van der Waals surface area contributed by atoms with Gasteiger partial charge in [0.25, 0.3) is 0 Å². The molecule has 2 aliphatic heterocycles. The summed E-state index contributed by atoms with van der Waals surface area (Å²) in [5.41, 5.74) is 6.75. The summed E-state index contributed by atoms with van der Waals surface area (Å²) in [5, 5.41) is 0.520. The summed E-state index contributed by atoms with van der Waals surface area (Å²) >= 11 is 5.88. The maximum atomic E-state index is 5.88. The van der Waals surface area contributed by atoms with Gasteiger partial charge in [0.1, 0.15) is 5.82 Å². The molecule has 1 unspecified atom stereocenters. The Morgan fingerprint density at radius 3 is 3.06 bits per heavy atom. The fraction of sp³-hybridized carbons (Fsp3) is 0.583. The second-order valence-electron chi connectivity index (χ2n) is 5.04. The third-order valence-corrected chi connectivity index (χ3v) is 4.13. The fourth-order valence-corrected chi connectivity index (χ4v) is 2.82. The van der Waals surface area contributed by atoms with Gasteiger partial charge >= 0.3 is 0 Å². The van der Waals surface area contributed by atoms with Gasteiger partial charge in [0.05, 0.1) is 17.3 Å². The SMILES string of the molecule is Nc1cc(N2CCC3(CCOC3)C2)ncc1Cl. The molecule has 1 aromatic rings. The van der Waals surface area contributed by atoms with E-state index in [9.17, 15) is 0 Å². The van der Waals surface area contributed by atoms with Gasteiger partial charge in [-0.1, -0.05) is 11.6 Å². The van der Waals surface area contributed by atoms with Crippen molar-refractivity contribution in [2.75, 3.05) is 36.9 Å². The van der Waals surface area contributed by atoms with Gasteiger partial charge in [0.15, 0.2) is 0 Å². The van der Waals surface area contributed by atoms with Crippen molar-refractivity contribution in [3.63, 3.8) is 0 Å². The number of hydrogen-bond acceptors (Lipinski definition) is 4.